The van der Waals surface area contributed by atoms with Gasteiger partial charge in [0.25, 0.3) is 0 Å². The molecule has 21 heavy (non-hydrogen) atoms. The highest BCUT2D eigenvalue weighted by atomic mass is 16.1. The summed E-state index contributed by atoms with van der Waals surface area (Å²) >= 11 is 0. The van der Waals surface area contributed by atoms with E-state index in [9.17, 15) is 4.79 Å². The van der Waals surface area contributed by atoms with E-state index in [1.807, 2.05) is 6.20 Å². The smallest absolute Gasteiger partial charge is 0.216 e. The van der Waals surface area contributed by atoms with Crippen LogP contribution in [0.15, 0.2) is 6.20 Å². The van der Waals surface area contributed by atoms with Crippen molar-refractivity contribution in [1.82, 2.24) is 15.3 Å². The molecule has 1 atom stereocenters. The van der Waals surface area contributed by atoms with E-state index < -0.39 is 0 Å². The van der Waals surface area contributed by atoms with Gasteiger partial charge in [0.05, 0.1) is 11.4 Å². The minimum absolute atomic E-state index is 0.0260. The molecular formula is C16H26N4O. The van der Waals surface area contributed by atoms with Crippen LogP contribution in [0.25, 0.3) is 0 Å². The first-order chi connectivity index (χ1) is 9.88. The Morgan fingerprint density at radius 2 is 2.14 bits per heavy atom. The first-order valence-electron chi connectivity index (χ1n) is 7.75. The third-order valence-corrected chi connectivity index (χ3v) is 3.91. The van der Waals surface area contributed by atoms with Gasteiger partial charge in [-0.3, -0.25) is 9.78 Å². The van der Waals surface area contributed by atoms with Gasteiger partial charge in [0.1, 0.15) is 0 Å². The van der Waals surface area contributed by atoms with Gasteiger partial charge in [0.15, 0.2) is 5.82 Å². The van der Waals surface area contributed by atoms with Crippen molar-refractivity contribution in [3.05, 3.63) is 17.6 Å². The molecule has 2 rings (SSSR count). The zero-order valence-corrected chi connectivity index (χ0v) is 13.7. The number of aromatic nitrogens is 2. The molecule has 1 aliphatic heterocycles. The van der Waals surface area contributed by atoms with E-state index in [1.165, 1.54) is 0 Å². The maximum absolute atomic E-state index is 11.1. The first kappa shape index (κ1) is 15.7. The molecule has 0 fully saturated rings. The van der Waals surface area contributed by atoms with Crippen LogP contribution in [-0.2, 0) is 11.2 Å². The van der Waals surface area contributed by atoms with Crippen LogP contribution in [0.1, 0.15) is 51.9 Å². The van der Waals surface area contributed by atoms with Crippen molar-refractivity contribution >= 4 is 11.7 Å². The molecular weight excluding hydrogens is 264 g/mol. The van der Waals surface area contributed by atoms with Crippen LogP contribution in [0.5, 0.6) is 0 Å². The van der Waals surface area contributed by atoms with Crippen molar-refractivity contribution in [1.29, 1.82) is 0 Å². The number of carbonyl (C=O) groups excluding carboxylic acids is 1. The van der Waals surface area contributed by atoms with Gasteiger partial charge in [-0.1, -0.05) is 13.8 Å². The number of carbonyl (C=O) groups is 1. The van der Waals surface area contributed by atoms with Crippen LogP contribution < -0.4 is 10.2 Å². The molecule has 5 nitrogen and oxygen atoms in total. The van der Waals surface area contributed by atoms with Gasteiger partial charge in [-0.25, -0.2) is 4.98 Å². The molecule has 1 aliphatic rings. The number of amides is 1. The minimum Gasteiger partial charge on any atom is -0.356 e. The standard InChI is InChI=1S/C16H26N4O/c1-10(2)15-8-18-14-6-13(7-17-12(5)21)9-20(11(3)4)16(14)19-15/h8,10-11,13H,6-7,9H2,1-5H3,(H,17,21). The first-order valence-corrected chi connectivity index (χ1v) is 7.75. The zero-order chi connectivity index (χ0) is 15.6. The molecule has 0 bridgehead atoms. The van der Waals surface area contributed by atoms with E-state index in [1.54, 1.807) is 6.92 Å². The molecule has 1 unspecified atom stereocenters. The van der Waals surface area contributed by atoms with E-state index in [-0.39, 0.29) is 5.91 Å². The summed E-state index contributed by atoms with van der Waals surface area (Å²) in [5.41, 5.74) is 2.09. The predicted molar refractivity (Wildman–Crippen MR) is 84.5 cm³/mol. The number of nitrogens with one attached hydrogen (secondary N) is 1. The van der Waals surface area contributed by atoms with E-state index in [2.05, 4.69) is 42.9 Å². The Morgan fingerprint density at radius 3 is 2.71 bits per heavy atom. The largest absolute Gasteiger partial charge is 0.356 e. The molecule has 1 N–H and O–H groups in total. The van der Waals surface area contributed by atoms with E-state index in [4.69, 9.17) is 4.98 Å². The Bertz CT molecular complexity index is 513. The highest BCUT2D eigenvalue weighted by molar-refractivity contribution is 5.72. The summed E-state index contributed by atoms with van der Waals surface area (Å²) in [6, 6.07) is 0.376. The number of rotatable bonds is 4. The average molecular weight is 290 g/mol. The fourth-order valence-corrected chi connectivity index (χ4v) is 2.65. The third kappa shape index (κ3) is 3.71. The molecule has 0 saturated carbocycles. The summed E-state index contributed by atoms with van der Waals surface area (Å²) in [6.07, 6.45) is 2.77. The maximum atomic E-state index is 11.1. The molecule has 0 aliphatic carbocycles. The van der Waals surface area contributed by atoms with E-state index >= 15 is 0 Å². The Labute approximate surface area is 127 Å². The molecule has 2 heterocycles. The lowest BCUT2D eigenvalue weighted by molar-refractivity contribution is -0.119. The second-order valence-electron chi connectivity index (χ2n) is 6.47. The van der Waals surface area contributed by atoms with Crippen molar-refractivity contribution in [2.45, 2.75) is 53.0 Å². The lowest BCUT2D eigenvalue weighted by atomic mass is 9.96. The SMILES string of the molecule is CC(=O)NCC1Cc2ncc(C(C)C)nc2N(C(C)C)C1. The summed E-state index contributed by atoms with van der Waals surface area (Å²) < 4.78 is 0. The van der Waals surface area contributed by atoms with E-state index in [0.717, 1.165) is 30.2 Å². The summed E-state index contributed by atoms with van der Waals surface area (Å²) in [4.78, 5) is 22.9. The summed E-state index contributed by atoms with van der Waals surface area (Å²) in [5.74, 6) is 1.82. The van der Waals surface area contributed by atoms with Crippen LogP contribution in [0.3, 0.4) is 0 Å². The lowest BCUT2D eigenvalue weighted by Gasteiger charge is -2.37. The Hall–Kier alpha value is -1.65. The summed E-state index contributed by atoms with van der Waals surface area (Å²) in [7, 11) is 0. The molecule has 0 radical (unpaired) electrons. The molecule has 0 saturated heterocycles. The van der Waals surface area contributed by atoms with Gasteiger partial charge in [0.2, 0.25) is 5.91 Å². The number of anilines is 1. The van der Waals surface area contributed by atoms with Crippen molar-refractivity contribution in [3.63, 3.8) is 0 Å². The highest BCUT2D eigenvalue weighted by Gasteiger charge is 2.28. The number of fused-ring (bicyclic) bond motifs is 1. The quantitative estimate of drug-likeness (QED) is 0.923. The molecule has 1 aromatic rings. The van der Waals surface area contributed by atoms with Crippen molar-refractivity contribution in [2.75, 3.05) is 18.0 Å². The highest BCUT2D eigenvalue weighted by Crippen LogP contribution is 2.29. The van der Waals surface area contributed by atoms with Crippen molar-refractivity contribution in [2.24, 2.45) is 5.92 Å². The van der Waals surface area contributed by atoms with Gasteiger partial charge in [-0.15, -0.1) is 0 Å². The van der Waals surface area contributed by atoms with Gasteiger partial charge in [-0.05, 0) is 32.1 Å². The zero-order valence-electron chi connectivity index (χ0n) is 13.7. The number of hydrogen-bond acceptors (Lipinski definition) is 4. The minimum atomic E-state index is 0.0260. The number of hydrogen-bond donors (Lipinski definition) is 1. The Kier molecular flexibility index (Phi) is 4.80. The van der Waals surface area contributed by atoms with Crippen LogP contribution in [0.4, 0.5) is 5.82 Å². The number of nitrogens with zero attached hydrogens (tertiary/aromatic N) is 3. The van der Waals surface area contributed by atoms with Crippen LogP contribution >= 0.6 is 0 Å². The lowest BCUT2D eigenvalue weighted by Crippen LogP contribution is -2.44. The van der Waals surface area contributed by atoms with Gasteiger partial charge in [-0.2, -0.15) is 0 Å². The molecule has 0 spiro atoms. The van der Waals surface area contributed by atoms with Gasteiger partial charge in [0, 0.05) is 32.3 Å². The van der Waals surface area contributed by atoms with Crippen molar-refractivity contribution in [3.8, 4) is 0 Å². The second-order valence-corrected chi connectivity index (χ2v) is 6.47. The Balaban J connectivity index is 2.25. The van der Waals surface area contributed by atoms with Crippen LogP contribution in [0.2, 0.25) is 0 Å². The predicted octanol–water partition coefficient (Wildman–Crippen LogP) is 2.12. The van der Waals surface area contributed by atoms with Crippen molar-refractivity contribution < 1.29 is 4.79 Å². The maximum Gasteiger partial charge on any atom is 0.216 e. The third-order valence-electron chi connectivity index (χ3n) is 3.91. The van der Waals surface area contributed by atoms with Crippen LogP contribution in [0, 0.1) is 5.92 Å². The van der Waals surface area contributed by atoms with Gasteiger partial charge < -0.3 is 10.2 Å². The fourth-order valence-electron chi connectivity index (χ4n) is 2.65. The molecule has 0 aromatic carbocycles. The monoisotopic (exact) mass is 290 g/mol. The molecule has 1 amide bonds. The topological polar surface area (TPSA) is 58.1 Å². The van der Waals surface area contributed by atoms with E-state index in [0.29, 0.717) is 24.4 Å². The summed E-state index contributed by atoms with van der Waals surface area (Å²) in [6.45, 7) is 11.8. The molecule has 1 aromatic heterocycles. The summed E-state index contributed by atoms with van der Waals surface area (Å²) in [5, 5.41) is 2.92. The molecule has 5 heteroatoms. The fraction of sp³-hybridized carbons (Fsp3) is 0.688. The van der Waals surface area contributed by atoms with Gasteiger partial charge >= 0.3 is 0 Å². The van der Waals surface area contributed by atoms with Crippen LogP contribution in [-0.4, -0.2) is 35.0 Å². The molecule has 116 valence electrons. The Morgan fingerprint density at radius 1 is 1.43 bits per heavy atom. The normalized spacial score (nSPS) is 18.0. The average Bonchev–Trinajstić information content (AvgIpc) is 2.43. The second kappa shape index (κ2) is 6.41.